The Bertz CT molecular complexity index is 469. The van der Waals surface area contributed by atoms with Gasteiger partial charge in [0.25, 0.3) is 0 Å². The third kappa shape index (κ3) is 3.06. The van der Waals surface area contributed by atoms with E-state index in [1.165, 1.54) is 4.21 Å². The molecule has 0 atom stereocenters. The first-order chi connectivity index (χ1) is 7.65. The number of nitrogens with zero attached hydrogens (tertiary/aromatic N) is 2. The molecule has 0 fully saturated rings. The Kier molecular flexibility index (Phi) is 4.00. The molecule has 2 rings (SSSR count). The maximum absolute atomic E-state index is 4.54. The molecular weight excluding hydrogens is 304 g/mol. The van der Waals surface area contributed by atoms with Crippen molar-refractivity contribution in [3.05, 3.63) is 34.0 Å². The molecule has 0 aliphatic rings. The Morgan fingerprint density at radius 3 is 2.81 bits per heavy atom. The second kappa shape index (κ2) is 5.29. The first kappa shape index (κ1) is 12.1. The van der Waals surface area contributed by atoms with Gasteiger partial charge in [-0.2, -0.15) is 0 Å². The van der Waals surface area contributed by atoms with Gasteiger partial charge in [-0.1, -0.05) is 31.7 Å². The van der Waals surface area contributed by atoms with Crippen LogP contribution in [0.4, 0.5) is 0 Å². The zero-order valence-electron chi connectivity index (χ0n) is 8.98. The van der Waals surface area contributed by atoms with E-state index in [0.717, 1.165) is 15.5 Å². The standard InChI is InChI=1S/C11H11BrN2S2/c1-7(2)11-13-8(12)6-9(14-11)16-10-4-3-5-15-10/h3-7H,1-2H3. The van der Waals surface area contributed by atoms with E-state index in [-0.39, 0.29) is 0 Å². The molecule has 84 valence electrons. The fraction of sp³-hybridized carbons (Fsp3) is 0.273. The van der Waals surface area contributed by atoms with Crippen molar-refractivity contribution >= 4 is 39.0 Å². The lowest BCUT2D eigenvalue weighted by Gasteiger charge is -2.06. The molecule has 0 saturated carbocycles. The molecule has 5 heteroatoms. The highest BCUT2D eigenvalue weighted by molar-refractivity contribution is 9.10. The summed E-state index contributed by atoms with van der Waals surface area (Å²) in [4.78, 5) is 8.89. The SMILES string of the molecule is CC(C)c1nc(Br)cc(Sc2cccs2)n1. The molecule has 2 aromatic heterocycles. The normalized spacial score (nSPS) is 11.0. The Labute approximate surface area is 112 Å². The topological polar surface area (TPSA) is 25.8 Å². The van der Waals surface area contributed by atoms with Gasteiger partial charge >= 0.3 is 0 Å². The molecule has 0 N–H and O–H groups in total. The minimum Gasteiger partial charge on any atom is -0.226 e. The Hall–Kier alpha value is -0.390. The Balaban J connectivity index is 2.27. The second-order valence-corrected chi connectivity index (χ2v) is 6.66. The summed E-state index contributed by atoms with van der Waals surface area (Å²) in [5.74, 6) is 1.23. The fourth-order valence-electron chi connectivity index (χ4n) is 1.15. The quantitative estimate of drug-likeness (QED) is 0.776. The minimum absolute atomic E-state index is 0.347. The fourth-order valence-corrected chi connectivity index (χ4v) is 3.43. The average molecular weight is 315 g/mol. The van der Waals surface area contributed by atoms with E-state index in [1.807, 2.05) is 12.1 Å². The van der Waals surface area contributed by atoms with Gasteiger partial charge in [0.1, 0.15) is 15.5 Å². The van der Waals surface area contributed by atoms with E-state index in [9.17, 15) is 0 Å². The molecule has 0 aliphatic heterocycles. The van der Waals surface area contributed by atoms with Gasteiger partial charge in [0.2, 0.25) is 0 Å². The third-order valence-electron chi connectivity index (χ3n) is 1.91. The lowest BCUT2D eigenvalue weighted by molar-refractivity contribution is 0.748. The van der Waals surface area contributed by atoms with Crippen LogP contribution in [0.5, 0.6) is 0 Å². The van der Waals surface area contributed by atoms with Crippen molar-refractivity contribution in [3.8, 4) is 0 Å². The summed E-state index contributed by atoms with van der Waals surface area (Å²) < 4.78 is 2.10. The number of hydrogen-bond acceptors (Lipinski definition) is 4. The van der Waals surface area contributed by atoms with Crippen molar-refractivity contribution in [1.82, 2.24) is 9.97 Å². The summed E-state index contributed by atoms with van der Waals surface area (Å²) >= 11 is 6.83. The van der Waals surface area contributed by atoms with Crippen LogP contribution < -0.4 is 0 Å². The monoisotopic (exact) mass is 314 g/mol. The molecule has 0 amide bonds. The van der Waals surface area contributed by atoms with Gasteiger partial charge in [-0.05, 0) is 27.4 Å². The molecule has 16 heavy (non-hydrogen) atoms. The highest BCUT2D eigenvalue weighted by atomic mass is 79.9. The van der Waals surface area contributed by atoms with Gasteiger partial charge < -0.3 is 0 Å². The summed E-state index contributed by atoms with van der Waals surface area (Å²) in [6.07, 6.45) is 0. The zero-order chi connectivity index (χ0) is 11.5. The van der Waals surface area contributed by atoms with Gasteiger partial charge in [0, 0.05) is 12.0 Å². The third-order valence-corrected chi connectivity index (χ3v) is 4.27. The van der Waals surface area contributed by atoms with Crippen LogP contribution in [0.2, 0.25) is 0 Å². The molecule has 2 aromatic rings. The maximum atomic E-state index is 4.54. The lowest BCUT2D eigenvalue weighted by Crippen LogP contribution is -1.98. The van der Waals surface area contributed by atoms with Crippen LogP contribution in [-0.4, -0.2) is 9.97 Å². The molecular formula is C11H11BrN2S2. The van der Waals surface area contributed by atoms with Crippen LogP contribution in [0, 0.1) is 0 Å². The van der Waals surface area contributed by atoms with Crippen LogP contribution in [-0.2, 0) is 0 Å². The highest BCUT2D eigenvalue weighted by Gasteiger charge is 2.08. The summed E-state index contributed by atoms with van der Waals surface area (Å²) in [6, 6.07) is 6.10. The van der Waals surface area contributed by atoms with E-state index >= 15 is 0 Å². The van der Waals surface area contributed by atoms with Gasteiger partial charge in [0.15, 0.2) is 0 Å². The van der Waals surface area contributed by atoms with Gasteiger partial charge in [-0.15, -0.1) is 11.3 Å². The van der Waals surface area contributed by atoms with Crippen molar-refractivity contribution in [2.45, 2.75) is 29.0 Å². The van der Waals surface area contributed by atoms with E-state index in [0.29, 0.717) is 5.92 Å². The van der Waals surface area contributed by atoms with Crippen LogP contribution in [0.15, 0.2) is 37.4 Å². The van der Waals surface area contributed by atoms with Crippen LogP contribution in [0.1, 0.15) is 25.6 Å². The van der Waals surface area contributed by atoms with E-state index < -0.39 is 0 Å². The second-order valence-electron chi connectivity index (χ2n) is 3.58. The van der Waals surface area contributed by atoms with Gasteiger partial charge in [0.05, 0.1) is 4.21 Å². The largest absolute Gasteiger partial charge is 0.226 e. The minimum atomic E-state index is 0.347. The van der Waals surface area contributed by atoms with Crippen molar-refractivity contribution in [3.63, 3.8) is 0 Å². The maximum Gasteiger partial charge on any atom is 0.133 e. The summed E-state index contributed by atoms with van der Waals surface area (Å²) in [7, 11) is 0. The van der Waals surface area contributed by atoms with E-state index in [4.69, 9.17) is 0 Å². The first-order valence-electron chi connectivity index (χ1n) is 4.91. The Morgan fingerprint density at radius 1 is 1.38 bits per heavy atom. The molecule has 2 nitrogen and oxygen atoms in total. The van der Waals surface area contributed by atoms with Crippen molar-refractivity contribution < 1.29 is 0 Å². The average Bonchev–Trinajstić information content (AvgIpc) is 2.69. The van der Waals surface area contributed by atoms with Crippen molar-refractivity contribution in [2.24, 2.45) is 0 Å². The number of aromatic nitrogens is 2. The molecule has 0 radical (unpaired) electrons. The van der Waals surface area contributed by atoms with Crippen LogP contribution in [0.3, 0.4) is 0 Å². The molecule has 0 aliphatic carbocycles. The molecule has 0 aromatic carbocycles. The summed E-state index contributed by atoms with van der Waals surface area (Å²) in [5, 5.41) is 3.06. The lowest BCUT2D eigenvalue weighted by atomic mass is 10.2. The smallest absolute Gasteiger partial charge is 0.133 e. The molecule has 0 spiro atoms. The van der Waals surface area contributed by atoms with Crippen LogP contribution >= 0.6 is 39.0 Å². The molecule has 2 heterocycles. The number of thiophene rings is 1. The van der Waals surface area contributed by atoms with E-state index in [1.54, 1.807) is 23.1 Å². The molecule has 0 unspecified atom stereocenters. The van der Waals surface area contributed by atoms with Crippen molar-refractivity contribution in [1.29, 1.82) is 0 Å². The Morgan fingerprint density at radius 2 is 2.19 bits per heavy atom. The summed E-state index contributed by atoms with van der Waals surface area (Å²) in [5.41, 5.74) is 0. The van der Waals surface area contributed by atoms with E-state index in [2.05, 4.69) is 51.2 Å². The molecule has 0 saturated heterocycles. The van der Waals surface area contributed by atoms with Crippen LogP contribution in [0.25, 0.3) is 0 Å². The van der Waals surface area contributed by atoms with Gasteiger partial charge in [-0.3, -0.25) is 0 Å². The van der Waals surface area contributed by atoms with Gasteiger partial charge in [-0.25, -0.2) is 9.97 Å². The number of halogens is 1. The molecule has 0 bridgehead atoms. The summed E-state index contributed by atoms with van der Waals surface area (Å²) in [6.45, 7) is 4.20. The number of rotatable bonds is 3. The first-order valence-corrected chi connectivity index (χ1v) is 7.40. The van der Waals surface area contributed by atoms with Crippen molar-refractivity contribution in [2.75, 3.05) is 0 Å². The predicted molar refractivity (Wildman–Crippen MR) is 72.3 cm³/mol. The highest BCUT2D eigenvalue weighted by Crippen LogP contribution is 2.31. The predicted octanol–water partition coefficient (Wildman–Crippen LogP) is 4.58. The zero-order valence-corrected chi connectivity index (χ0v) is 12.2. The number of hydrogen-bond donors (Lipinski definition) is 0.